The van der Waals surface area contributed by atoms with Crippen LogP contribution in [0.15, 0.2) is 0 Å². The molecule has 0 aromatic heterocycles. The summed E-state index contributed by atoms with van der Waals surface area (Å²) in [5, 5.41) is 3.82. The van der Waals surface area contributed by atoms with Crippen molar-refractivity contribution in [3.8, 4) is 0 Å². The summed E-state index contributed by atoms with van der Waals surface area (Å²) in [6, 6.07) is 0.727. The van der Waals surface area contributed by atoms with Crippen molar-refractivity contribution in [2.45, 2.75) is 30.7 Å². The van der Waals surface area contributed by atoms with E-state index in [9.17, 15) is 0 Å². The maximum absolute atomic E-state index is 3.82. The number of fused-ring (bicyclic) bond motifs is 2. The average Bonchev–Trinajstić information content (AvgIpc) is 2.49. The zero-order valence-corrected chi connectivity index (χ0v) is 9.07. The molecule has 0 aromatic carbocycles. The summed E-state index contributed by atoms with van der Waals surface area (Å²) in [4.78, 5) is 3.09. The monoisotopic (exact) mass is 198 g/mol. The molecule has 4 aliphatic rings. The van der Waals surface area contributed by atoms with Gasteiger partial charge >= 0.3 is 0 Å². The molecule has 0 aromatic rings. The van der Waals surface area contributed by atoms with E-state index in [2.05, 4.69) is 28.9 Å². The van der Waals surface area contributed by atoms with Crippen LogP contribution in [0.3, 0.4) is 0 Å². The summed E-state index contributed by atoms with van der Waals surface area (Å²) in [6.45, 7) is 6.32. The molecule has 1 spiro atoms. The van der Waals surface area contributed by atoms with Crippen LogP contribution in [0.2, 0.25) is 0 Å². The first-order valence-corrected chi connectivity index (χ1v) is 6.41. The largest absolute Gasteiger partial charge is 0.301 e. The van der Waals surface area contributed by atoms with Crippen LogP contribution in [0.4, 0.5) is 0 Å². The third kappa shape index (κ3) is 1.24. The Morgan fingerprint density at radius 2 is 2.15 bits per heavy atom. The van der Waals surface area contributed by atoms with Gasteiger partial charge in [0.25, 0.3) is 0 Å². The Morgan fingerprint density at radius 3 is 2.62 bits per heavy atom. The van der Waals surface area contributed by atoms with Gasteiger partial charge in [0.2, 0.25) is 0 Å². The van der Waals surface area contributed by atoms with Crippen molar-refractivity contribution in [2.75, 3.05) is 25.4 Å². The van der Waals surface area contributed by atoms with Gasteiger partial charge in [-0.05, 0) is 38.8 Å². The topological polar surface area (TPSA) is 15.3 Å². The molecule has 0 saturated carbocycles. The second-order valence-electron chi connectivity index (χ2n) is 4.80. The quantitative estimate of drug-likeness (QED) is 0.628. The Hall–Kier alpha value is 0.270. The fourth-order valence-corrected chi connectivity index (χ4v) is 4.78. The minimum atomic E-state index is 0.454. The van der Waals surface area contributed by atoms with Crippen LogP contribution < -0.4 is 5.32 Å². The van der Waals surface area contributed by atoms with Gasteiger partial charge in [-0.15, -0.1) is 11.8 Å². The molecule has 0 amide bonds. The van der Waals surface area contributed by atoms with Crippen LogP contribution >= 0.6 is 11.8 Å². The van der Waals surface area contributed by atoms with Crippen molar-refractivity contribution in [1.82, 2.24) is 10.2 Å². The van der Waals surface area contributed by atoms with E-state index in [1.54, 1.807) is 0 Å². The Kier molecular flexibility index (Phi) is 1.90. The van der Waals surface area contributed by atoms with E-state index in [4.69, 9.17) is 0 Å². The number of piperidine rings is 3. The lowest BCUT2D eigenvalue weighted by Crippen LogP contribution is -2.62. The van der Waals surface area contributed by atoms with Gasteiger partial charge in [-0.2, -0.15) is 0 Å². The zero-order valence-electron chi connectivity index (χ0n) is 8.25. The summed E-state index contributed by atoms with van der Waals surface area (Å²) < 4.78 is 0. The van der Waals surface area contributed by atoms with Crippen molar-refractivity contribution in [3.05, 3.63) is 0 Å². The van der Waals surface area contributed by atoms with Crippen LogP contribution in [0.25, 0.3) is 0 Å². The van der Waals surface area contributed by atoms with E-state index in [0.717, 1.165) is 12.0 Å². The highest BCUT2D eigenvalue weighted by Gasteiger charge is 2.50. The smallest absolute Gasteiger partial charge is 0.0805 e. The lowest BCUT2D eigenvalue weighted by Gasteiger charge is -2.51. The average molecular weight is 198 g/mol. The van der Waals surface area contributed by atoms with Crippen molar-refractivity contribution in [3.63, 3.8) is 0 Å². The molecular weight excluding hydrogens is 180 g/mol. The molecule has 4 fully saturated rings. The number of nitrogens with one attached hydrogen (secondary N) is 1. The van der Waals surface area contributed by atoms with Gasteiger partial charge in [-0.1, -0.05) is 0 Å². The van der Waals surface area contributed by atoms with Crippen LogP contribution in [-0.2, 0) is 0 Å². The van der Waals surface area contributed by atoms with E-state index in [0.29, 0.717) is 4.87 Å². The molecule has 4 rings (SSSR count). The lowest BCUT2D eigenvalue weighted by molar-refractivity contribution is 0.0563. The van der Waals surface area contributed by atoms with Crippen molar-refractivity contribution < 1.29 is 0 Å². The fourth-order valence-electron chi connectivity index (χ4n) is 3.12. The summed E-state index contributed by atoms with van der Waals surface area (Å²) in [7, 11) is 0. The highest BCUT2D eigenvalue weighted by atomic mass is 32.2. The van der Waals surface area contributed by atoms with Gasteiger partial charge in [0.05, 0.1) is 4.87 Å². The molecule has 2 nitrogen and oxygen atoms in total. The third-order valence-corrected chi connectivity index (χ3v) is 5.55. The highest BCUT2D eigenvalue weighted by molar-refractivity contribution is 8.01. The second kappa shape index (κ2) is 2.88. The van der Waals surface area contributed by atoms with E-state index in [1.165, 1.54) is 38.2 Å². The van der Waals surface area contributed by atoms with Crippen molar-refractivity contribution in [2.24, 2.45) is 5.92 Å². The van der Waals surface area contributed by atoms with Gasteiger partial charge in [0, 0.05) is 18.3 Å². The Balaban J connectivity index is 1.83. The zero-order chi connectivity index (χ0) is 8.89. The molecule has 2 atom stereocenters. The summed E-state index contributed by atoms with van der Waals surface area (Å²) >= 11 is 2.18. The predicted molar refractivity (Wildman–Crippen MR) is 57.0 cm³/mol. The molecule has 74 valence electrons. The minimum absolute atomic E-state index is 0.454. The maximum Gasteiger partial charge on any atom is 0.0805 e. The first kappa shape index (κ1) is 8.57. The van der Waals surface area contributed by atoms with E-state index in [-0.39, 0.29) is 0 Å². The molecule has 4 heterocycles. The molecular formula is C10H18N2S. The minimum Gasteiger partial charge on any atom is -0.301 e. The van der Waals surface area contributed by atoms with Gasteiger partial charge in [-0.3, -0.25) is 5.32 Å². The maximum atomic E-state index is 3.82. The molecule has 2 unspecified atom stereocenters. The summed E-state index contributed by atoms with van der Waals surface area (Å²) in [5.74, 6) is 2.26. The predicted octanol–water partition coefficient (Wildman–Crippen LogP) is 1.13. The standard InChI is InChI=1S/C10H18N2S/c1-8-6-13-10(11-8)7-12-4-2-9(10)3-5-12/h8-9,11H,2-7H2,1H3. The number of nitrogens with zero attached hydrogens (tertiary/aromatic N) is 1. The number of rotatable bonds is 0. The fraction of sp³-hybridized carbons (Fsp3) is 1.00. The van der Waals surface area contributed by atoms with Crippen LogP contribution in [0.5, 0.6) is 0 Å². The van der Waals surface area contributed by atoms with Crippen molar-refractivity contribution >= 4 is 11.8 Å². The van der Waals surface area contributed by atoms with Gasteiger partial charge < -0.3 is 4.90 Å². The van der Waals surface area contributed by atoms with Gasteiger partial charge in [0.1, 0.15) is 0 Å². The number of hydrogen-bond donors (Lipinski definition) is 1. The summed E-state index contributed by atoms with van der Waals surface area (Å²) in [6.07, 6.45) is 2.85. The molecule has 0 aliphatic carbocycles. The van der Waals surface area contributed by atoms with Gasteiger partial charge in [0.15, 0.2) is 0 Å². The molecule has 2 bridgehead atoms. The van der Waals surface area contributed by atoms with Crippen LogP contribution in [0, 0.1) is 5.92 Å². The molecule has 3 heteroatoms. The van der Waals surface area contributed by atoms with E-state index < -0.39 is 0 Å². The molecule has 1 N–H and O–H groups in total. The Bertz CT molecular complexity index is 213. The van der Waals surface area contributed by atoms with E-state index >= 15 is 0 Å². The highest BCUT2D eigenvalue weighted by Crippen LogP contribution is 2.46. The van der Waals surface area contributed by atoms with E-state index in [1.807, 2.05) is 0 Å². The second-order valence-corrected chi connectivity index (χ2v) is 6.15. The summed E-state index contributed by atoms with van der Waals surface area (Å²) in [5.41, 5.74) is 0. The number of hydrogen-bond acceptors (Lipinski definition) is 3. The SMILES string of the molecule is CC1CSC2(CN3CCC2CC3)N1. The molecule has 4 saturated heterocycles. The first-order valence-electron chi connectivity index (χ1n) is 5.42. The molecule has 4 aliphatic heterocycles. The molecule has 0 radical (unpaired) electrons. The van der Waals surface area contributed by atoms with Crippen molar-refractivity contribution in [1.29, 1.82) is 0 Å². The molecule has 13 heavy (non-hydrogen) atoms. The normalized spacial score (nSPS) is 54.7. The van der Waals surface area contributed by atoms with Crippen LogP contribution in [-0.4, -0.2) is 41.2 Å². The first-order chi connectivity index (χ1) is 6.28. The van der Waals surface area contributed by atoms with Crippen LogP contribution in [0.1, 0.15) is 19.8 Å². The Labute approximate surface area is 84.4 Å². The Morgan fingerprint density at radius 1 is 1.38 bits per heavy atom. The number of thioether (sulfide) groups is 1. The third-order valence-electron chi connectivity index (χ3n) is 3.79. The van der Waals surface area contributed by atoms with Gasteiger partial charge in [-0.25, -0.2) is 0 Å². The lowest BCUT2D eigenvalue weighted by atomic mass is 9.83.